The summed E-state index contributed by atoms with van der Waals surface area (Å²) >= 11 is 0. The van der Waals surface area contributed by atoms with Crippen LogP contribution in [0.2, 0.25) is 0 Å². The van der Waals surface area contributed by atoms with Crippen LogP contribution in [0, 0.1) is 5.92 Å². The maximum Gasteiger partial charge on any atom is 0.303 e. The smallest absolute Gasteiger partial charge is 0.303 e. The van der Waals surface area contributed by atoms with Crippen LogP contribution >= 0.6 is 0 Å². The van der Waals surface area contributed by atoms with Crippen molar-refractivity contribution in [1.82, 2.24) is 0 Å². The number of hydrogen-bond donors (Lipinski definition) is 2. The Morgan fingerprint density at radius 2 is 2.18 bits per heavy atom. The summed E-state index contributed by atoms with van der Waals surface area (Å²) in [6, 6.07) is 0. The lowest BCUT2D eigenvalue weighted by molar-refractivity contribution is -0.137. The predicted molar refractivity (Wildman–Crippen MR) is 40.1 cm³/mol. The van der Waals surface area contributed by atoms with Gasteiger partial charge < -0.3 is 10.2 Å². The highest BCUT2D eigenvalue weighted by Gasteiger charge is 2.15. The molecule has 0 saturated heterocycles. The van der Waals surface area contributed by atoms with Gasteiger partial charge >= 0.3 is 5.97 Å². The SMILES string of the molecule is O=C(O)C[C@@H]1C=C[C@@H](O)CC1. The van der Waals surface area contributed by atoms with E-state index in [-0.39, 0.29) is 18.4 Å². The van der Waals surface area contributed by atoms with Crippen LogP contribution in [0.25, 0.3) is 0 Å². The summed E-state index contributed by atoms with van der Waals surface area (Å²) in [6.07, 6.45) is 4.76. The summed E-state index contributed by atoms with van der Waals surface area (Å²) in [4.78, 5) is 10.3. The lowest BCUT2D eigenvalue weighted by Crippen LogP contribution is -2.14. The molecule has 0 aromatic carbocycles. The van der Waals surface area contributed by atoms with Crippen LogP contribution in [0.4, 0.5) is 0 Å². The van der Waals surface area contributed by atoms with E-state index in [1.54, 1.807) is 12.2 Å². The van der Waals surface area contributed by atoms with E-state index >= 15 is 0 Å². The molecule has 0 bridgehead atoms. The van der Waals surface area contributed by atoms with Crippen LogP contribution in [-0.2, 0) is 4.79 Å². The van der Waals surface area contributed by atoms with Crippen molar-refractivity contribution >= 4 is 5.97 Å². The van der Waals surface area contributed by atoms with E-state index in [1.165, 1.54) is 0 Å². The minimum Gasteiger partial charge on any atom is -0.481 e. The van der Waals surface area contributed by atoms with Crippen LogP contribution in [0.3, 0.4) is 0 Å². The first kappa shape index (κ1) is 8.27. The Labute approximate surface area is 65.3 Å². The van der Waals surface area contributed by atoms with Crippen LogP contribution in [0.15, 0.2) is 12.2 Å². The highest BCUT2D eigenvalue weighted by atomic mass is 16.4. The topological polar surface area (TPSA) is 57.5 Å². The van der Waals surface area contributed by atoms with E-state index in [0.717, 1.165) is 6.42 Å². The summed E-state index contributed by atoms with van der Waals surface area (Å²) in [7, 11) is 0. The van der Waals surface area contributed by atoms with Gasteiger partial charge in [-0.25, -0.2) is 0 Å². The maximum absolute atomic E-state index is 10.3. The first-order valence-electron chi connectivity index (χ1n) is 3.76. The molecule has 11 heavy (non-hydrogen) atoms. The van der Waals surface area contributed by atoms with Crippen molar-refractivity contribution in [2.24, 2.45) is 5.92 Å². The fraction of sp³-hybridized carbons (Fsp3) is 0.625. The number of carboxylic acid groups (broad SMARTS) is 1. The average Bonchev–Trinajstić information content (AvgIpc) is 1.93. The zero-order chi connectivity index (χ0) is 8.27. The second kappa shape index (κ2) is 3.53. The van der Waals surface area contributed by atoms with Crippen LogP contribution in [0.1, 0.15) is 19.3 Å². The van der Waals surface area contributed by atoms with Gasteiger partial charge in [0.15, 0.2) is 0 Å². The molecular formula is C8H12O3. The molecular weight excluding hydrogens is 144 g/mol. The van der Waals surface area contributed by atoms with Crippen molar-refractivity contribution in [1.29, 1.82) is 0 Å². The van der Waals surface area contributed by atoms with Gasteiger partial charge in [0.1, 0.15) is 0 Å². The summed E-state index contributed by atoms with van der Waals surface area (Å²) in [6.45, 7) is 0. The van der Waals surface area contributed by atoms with E-state index in [4.69, 9.17) is 10.2 Å². The molecule has 1 aliphatic carbocycles. The zero-order valence-electron chi connectivity index (χ0n) is 6.23. The first-order chi connectivity index (χ1) is 5.18. The molecule has 3 nitrogen and oxygen atoms in total. The number of rotatable bonds is 2. The van der Waals surface area contributed by atoms with Gasteiger partial charge in [0.25, 0.3) is 0 Å². The summed E-state index contributed by atoms with van der Waals surface area (Å²) in [5, 5.41) is 17.5. The van der Waals surface area contributed by atoms with Gasteiger partial charge in [-0.2, -0.15) is 0 Å². The monoisotopic (exact) mass is 156 g/mol. The fourth-order valence-corrected chi connectivity index (χ4v) is 1.26. The van der Waals surface area contributed by atoms with E-state index in [9.17, 15) is 4.79 Å². The molecule has 1 aliphatic rings. The molecule has 1 rings (SSSR count). The minimum atomic E-state index is -0.768. The predicted octanol–water partition coefficient (Wildman–Crippen LogP) is 0.788. The highest BCUT2D eigenvalue weighted by molar-refractivity contribution is 5.67. The van der Waals surface area contributed by atoms with Gasteiger partial charge in [0.2, 0.25) is 0 Å². The van der Waals surface area contributed by atoms with Gasteiger partial charge in [-0.05, 0) is 18.8 Å². The number of allylic oxidation sites excluding steroid dienone is 1. The standard InChI is InChI=1S/C8H12O3/c9-7-3-1-6(2-4-7)5-8(10)11/h1,3,6-7,9H,2,4-5H2,(H,10,11)/t6-,7-/m1/s1. The van der Waals surface area contributed by atoms with Crippen molar-refractivity contribution in [3.05, 3.63) is 12.2 Å². The van der Waals surface area contributed by atoms with Crippen LogP contribution in [-0.4, -0.2) is 22.3 Å². The Morgan fingerprint density at radius 3 is 2.64 bits per heavy atom. The van der Waals surface area contributed by atoms with E-state index in [2.05, 4.69) is 0 Å². The van der Waals surface area contributed by atoms with Gasteiger partial charge in [-0.15, -0.1) is 0 Å². The van der Waals surface area contributed by atoms with Crippen LogP contribution < -0.4 is 0 Å². The third kappa shape index (κ3) is 2.72. The van der Waals surface area contributed by atoms with Crippen molar-refractivity contribution in [2.45, 2.75) is 25.4 Å². The molecule has 0 aromatic heterocycles. The van der Waals surface area contributed by atoms with E-state index < -0.39 is 5.97 Å². The second-order valence-electron chi connectivity index (χ2n) is 2.89. The first-order valence-corrected chi connectivity index (χ1v) is 3.76. The lowest BCUT2D eigenvalue weighted by Gasteiger charge is -2.17. The Balaban J connectivity index is 2.38. The summed E-state index contributed by atoms with van der Waals surface area (Å²) in [5.74, 6) is -0.646. The number of carboxylic acids is 1. The molecule has 0 amide bonds. The van der Waals surface area contributed by atoms with E-state index in [1.807, 2.05) is 0 Å². The zero-order valence-corrected chi connectivity index (χ0v) is 6.23. The number of aliphatic hydroxyl groups excluding tert-OH is 1. The highest BCUT2D eigenvalue weighted by Crippen LogP contribution is 2.20. The van der Waals surface area contributed by atoms with Gasteiger partial charge in [0.05, 0.1) is 12.5 Å². The van der Waals surface area contributed by atoms with Crippen molar-refractivity contribution < 1.29 is 15.0 Å². The quantitative estimate of drug-likeness (QED) is 0.581. The van der Waals surface area contributed by atoms with Gasteiger partial charge in [-0.1, -0.05) is 12.2 Å². The molecule has 0 heterocycles. The molecule has 0 radical (unpaired) electrons. The largest absolute Gasteiger partial charge is 0.481 e. The molecule has 0 aliphatic heterocycles. The molecule has 2 N–H and O–H groups in total. The van der Waals surface area contributed by atoms with Gasteiger partial charge in [-0.3, -0.25) is 4.79 Å². The van der Waals surface area contributed by atoms with Crippen molar-refractivity contribution in [3.8, 4) is 0 Å². The number of aliphatic hydroxyl groups is 1. The summed E-state index contributed by atoms with van der Waals surface area (Å²) < 4.78 is 0. The third-order valence-electron chi connectivity index (χ3n) is 1.88. The molecule has 62 valence electrons. The third-order valence-corrected chi connectivity index (χ3v) is 1.88. The number of aliphatic carboxylic acids is 1. The number of carbonyl (C=O) groups is 1. The second-order valence-corrected chi connectivity index (χ2v) is 2.89. The maximum atomic E-state index is 10.3. The molecule has 0 fully saturated rings. The van der Waals surface area contributed by atoms with Crippen molar-refractivity contribution in [3.63, 3.8) is 0 Å². The summed E-state index contributed by atoms with van der Waals surface area (Å²) in [5.41, 5.74) is 0. The molecule has 0 aromatic rings. The van der Waals surface area contributed by atoms with E-state index in [0.29, 0.717) is 6.42 Å². The van der Waals surface area contributed by atoms with Crippen molar-refractivity contribution in [2.75, 3.05) is 0 Å². The molecule has 2 atom stereocenters. The fourth-order valence-electron chi connectivity index (χ4n) is 1.26. The molecule has 3 heteroatoms. The van der Waals surface area contributed by atoms with Crippen LogP contribution in [0.5, 0.6) is 0 Å². The Kier molecular flexibility index (Phi) is 2.65. The molecule has 0 spiro atoms. The minimum absolute atomic E-state index is 0.121. The number of hydrogen-bond acceptors (Lipinski definition) is 2. The Morgan fingerprint density at radius 1 is 1.45 bits per heavy atom. The molecule has 0 saturated carbocycles. The Bertz CT molecular complexity index is 174. The Hall–Kier alpha value is -0.830. The van der Waals surface area contributed by atoms with Gasteiger partial charge in [0, 0.05) is 0 Å². The lowest BCUT2D eigenvalue weighted by atomic mass is 9.92. The average molecular weight is 156 g/mol. The normalized spacial score (nSPS) is 30.3. The molecule has 0 unspecified atom stereocenters.